The topological polar surface area (TPSA) is 489 Å². The lowest BCUT2D eigenvalue weighted by atomic mass is 9.86. The number of phenols is 7. The van der Waals surface area contributed by atoms with Crippen LogP contribution in [0.4, 0.5) is 76.1 Å². The molecule has 18 N–H and O–H groups in total. The van der Waals surface area contributed by atoms with Crippen molar-refractivity contribution in [3.63, 3.8) is 0 Å². The highest BCUT2D eigenvalue weighted by Crippen LogP contribution is 2.41. The van der Waals surface area contributed by atoms with E-state index in [2.05, 4.69) is 67.4 Å². The molecule has 0 saturated carbocycles. The smallest absolute Gasteiger partial charge is 0.411 e. The number of para-hydroxylation sites is 5. The molecule has 9 rings (SSSR count). The fourth-order valence-corrected chi connectivity index (χ4v) is 10.7. The molecule has 0 bridgehead atoms. The highest BCUT2D eigenvalue weighted by Gasteiger charge is 2.23. The predicted molar refractivity (Wildman–Crippen MR) is 469 cm³/mol. The van der Waals surface area contributed by atoms with Crippen LogP contribution in [0.3, 0.4) is 0 Å². The lowest BCUT2D eigenvalue weighted by molar-refractivity contribution is -0.115. The third kappa shape index (κ3) is 35.0. The second kappa shape index (κ2) is 49.9. The maximum Gasteiger partial charge on any atom is 0.411 e. The number of amides is 10. The van der Waals surface area contributed by atoms with Crippen LogP contribution in [0.1, 0.15) is 119 Å². The molecule has 644 valence electrons. The average molecular weight is 1760 g/mol. The average Bonchev–Trinajstić information content (AvgIpc) is 0.811. The van der Waals surface area contributed by atoms with E-state index in [0.29, 0.717) is 39.8 Å². The number of aryl methyl sites for hydroxylation is 2. The number of phenolic OH excluding ortho intramolecular Hbond substituents is 7. The first-order valence-electron chi connectivity index (χ1n) is 36.2. The van der Waals surface area contributed by atoms with Gasteiger partial charge in [-0.25, -0.2) is 27.6 Å². The van der Waals surface area contributed by atoms with Crippen LogP contribution in [0.25, 0.3) is 0 Å². The van der Waals surface area contributed by atoms with E-state index in [9.17, 15) is 82.2 Å². The Bertz CT molecular complexity index is 5140. The Morgan fingerprint density at radius 2 is 0.817 bits per heavy atom. The van der Waals surface area contributed by atoms with Gasteiger partial charge >= 0.3 is 24.3 Å². The molecular weight excluding hydrogens is 1660 g/mol. The Kier molecular flexibility index (Phi) is 42.0. The summed E-state index contributed by atoms with van der Waals surface area (Å²) in [5.41, 5.74) is 6.17. The molecule has 37 heteroatoms. The third-order valence-electron chi connectivity index (χ3n) is 15.2. The van der Waals surface area contributed by atoms with Gasteiger partial charge in [0, 0.05) is 49.8 Å². The summed E-state index contributed by atoms with van der Waals surface area (Å²) in [5, 5.41) is 94.5. The van der Waals surface area contributed by atoms with Gasteiger partial charge in [-0.2, -0.15) is 0 Å². The number of sulfonamides is 1. The van der Waals surface area contributed by atoms with Crippen molar-refractivity contribution < 1.29 is 102 Å². The molecule has 9 aromatic rings. The largest absolute Gasteiger partial charge is 0.505 e. The van der Waals surface area contributed by atoms with Crippen molar-refractivity contribution in [3.8, 4) is 40.2 Å². The third-order valence-corrected chi connectivity index (χ3v) is 17.2. The standard InChI is InChI=1S/C16H18N2O4S.C16H16N2O4.C12H16ClNO2.C12H17N3O3.C11H14N2O4.C10H12ClNO3.C6H4Cl2O/c1-10-4-9-14(15(19)11(10)2)17-16(20)12-5-7-13(8-6-12)18-23(3,21)22;1-2-22-16(21)18-13-10-6-9-12(14(13)19)15(20)17-11-7-4-3-5-8-11;1-7(15)14-10-9(13)6-5-8(11(10)16)12(2,3)4;1-3-7-13-12(18)15-10-6-4-5-9(11(10)17)14-8(2)16;1-3-17-11(16)13-9-6-4-5-8(10(9)15)12-7(2)14;1-3-15-10(14)12-7-5-4-6(2)8(11)9(7)13;7-4-2-1-3-5(8)6(4)9/h4-9,18-19H,1-3H3,(H,17,20);3-10,19H,2H2,1H3,(H,17,20)(H,18,21);5-6,16H,1-4H3,(H,14,15);4-6,17H,3,7H2,1-2H3,(H,14,16)(H2,13,15,18);4-6,15H,3H2,1-2H3,(H,12,14)(H,13,16);4-5,13H,3H2,1-2H3,(H,12,14);1-3,9H. The zero-order valence-electron chi connectivity index (χ0n) is 67.9. The van der Waals surface area contributed by atoms with Crippen molar-refractivity contribution in [1.29, 1.82) is 0 Å². The highest BCUT2D eigenvalue weighted by atomic mass is 35.5. The number of aromatic hydroxyl groups is 7. The minimum atomic E-state index is -3.36. The summed E-state index contributed by atoms with van der Waals surface area (Å²) in [4.78, 5) is 102. The molecule has 0 aliphatic heterocycles. The van der Waals surface area contributed by atoms with Gasteiger partial charge in [0.05, 0.1) is 91.5 Å². The number of ether oxygens (including phenoxy) is 3. The highest BCUT2D eigenvalue weighted by molar-refractivity contribution is 7.92. The van der Waals surface area contributed by atoms with E-state index < -0.39 is 46.1 Å². The van der Waals surface area contributed by atoms with E-state index in [1.165, 1.54) is 69.3 Å². The lowest BCUT2D eigenvalue weighted by Crippen LogP contribution is -2.29. The number of carbonyl (C=O) groups excluding carboxylic acids is 9. The lowest BCUT2D eigenvalue weighted by Gasteiger charge is -2.22. The number of halogens is 4. The van der Waals surface area contributed by atoms with Gasteiger partial charge in [-0.05, 0) is 173 Å². The number of urea groups is 1. The second-order valence-corrected chi connectivity index (χ2v) is 29.3. The van der Waals surface area contributed by atoms with Crippen LogP contribution in [-0.2, 0) is 44.0 Å². The zero-order valence-corrected chi connectivity index (χ0v) is 71.7. The van der Waals surface area contributed by atoms with Gasteiger partial charge in [0.1, 0.15) is 17.2 Å². The Hall–Kier alpha value is -13.1. The van der Waals surface area contributed by atoms with Crippen LogP contribution in [0.5, 0.6) is 40.2 Å². The molecule has 0 unspecified atom stereocenters. The SMILES string of the molecule is CC(=O)Nc1c(Cl)ccc(C(C)(C)C)c1O.CCCNC(=O)Nc1cccc(NC(C)=O)c1O.CCOC(=O)Nc1ccc(C)c(Cl)c1O.CCOC(=O)Nc1cccc(C(=O)Nc2ccccc2)c1O.CCOC(=O)Nc1cccc(NC(C)=O)c1O.Cc1ccc(NC(=O)c2ccc(NS(C)(=O)=O)cc2)c(O)c1C.Oc1c(Cl)cccc1Cl. The van der Waals surface area contributed by atoms with E-state index in [4.69, 9.17) is 56.2 Å². The summed E-state index contributed by atoms with van der Waals surface area (Å²) >= 11 is 22.7. The molecule has 0 fully saturated rings. The van der Waals surface area contributed by atoms with E-state index in [0.717, 1.165) is 29.4 Å². The van der Waals surface area contributed by atoms with E-state index in [1.807, 2.05) is 46.8 Å². The summed E-state index contributed by atoms with van der Waals surface area (Å²) in [7, 11) is -3.36. The Morgan fingerprint density at radius 1 is 0.392 bits per heavy atom. The molecule has 9 aromatic carbocycles. The van der Waals surface area contributed by atoms with Gasteiger partial charge in [-0.3, -0.25) is 44.6 Å². The minimum Gasteiger partial charge on any atom is -0.505 e. The van der Waals surface area contributed by atoms with Gasteiger partial charge in [-0.15, -0.1) is 0 Å². The van der Waals surface area contributed by atoms with E-state index in [-0.39, 0.29) is 144 Å². The van der Waals surface area contributed by atoms with E-state index >= 15 is 0 Å². The van der Waals surface area contributed by atoms with Crippen molar-refractivity contribution >= 4 is 167 Å². The van der Waals surface area contributed by atoms with Gasteiger partial charge in [-0.1, -0.05) is 135 Å². The van der Waals surface area contributed by atoms with Crippen LogP contribution in [0.15, 0.2) is 164 Å². The number of nitrogens with one attached hydrogen (secondary N) is 11. The summed E-state index contributed by atoms with van der Waals surface area (Å²) in [6, 6.07) is 43.3. The van der Waals surface area contributed by atoms with Crippen molar-refractivity contribution in [2.24, 2.45) is 0 Å². The number of carbonyl (C=O) groups is 9. The van der Waals surface area contributed by atoms with Crippen molar-refractivity contribution in [1.82, 2.24) is 5.32 Å². The normalized spacial score (nSPS) is 10.2. The number of anilines is 10. The molecule has 0 radical (unpaired) electrons. The second-order valence-electron chi connectivity index (χ2n) is 25.9. The maximum atomic E-state index is 12.2. The molecule has 32 nitrogen and oxygen atoms in total. The van der Waals surface area contributed by atoms with Crippen LogP contribution in [0, 0.1) is 20.8 Å². The zero-order chi connectivity index (χ0) is 90.3. The Morgan fingerprint density at radius 3 is 1.26 bits per heavy atom. The number of hydrogen-bond acceptors (Lipinski definition) is 21. The number of rotatable bonds is 18. The molecule has 10 amide bonds. The van der Waals surface area contributed by atoms with Crippen LogP contribution in [-0.4, -0.2) is 131 Å². The summed E-state index contributed by atoms with van der Waals surface area (Å²) in [6.07, 6.45) is -0.101. The van der Waals surface area contributed by atoms with Gasteiger partial charge < -0.3 is 87.2 Å². The molecule has 0 heterocycles. The summed E-state index contributed by atoms with van der Waals surface area (Å²) in [6.45, 7) is 23.6. The first-order chi connectivity index (χ1) is 56.4. The molecule has 0 atom stereocenters. The van der Waals surface area contributed by atoms with Gasteiger partial charge in [0.25, 0.3) is 11.8 Å². The van der Waals surface area contributed by atoms with Crippen LogP contribution < -0.4 is 57.9 Å². The fraction of sp³-hybridized carbons (Fsp3) is 0.241. The maximum absolute atomic E-state index is 12.2. The Balaban J connectivity index is 0.000000366. The first-order valence-corrected chi connectivity index (χ1v) is 39.6. The molecular formula is C83H97Cl4N11O21S. The molecule has 0 aliphatic rings. The molecule has 0 aliphatic carbocycles. The molecule has 0 aromatic heterocycles. The van der Waals surface area contributed by atoms with Crippen LogP contribution >= 0.6 is 46.4 Å². The Labute approximate surface area is 714 Å². The molecule has 0 saturated heterocycles. The van der Waals surface area contributed by atoms with E-state index in [1.54, 1.807) is 138 Å². The van der Waals surface area contributed by atoms with Crippen LogP contribution in [0.2, 0.25) is 20.1 Å². The number of hydrogen-bond donors (Lipinski definition) is 18. The van der Waals surface area contributed by atoms with Gasteiger partial charge in [0.2, 0.25) is 27.7 Å². The predicted octanol–water partition coefficient (Wildman–Crippen LogP) is 18.6. The summed E-state index contributed by atoms with van der Waals surface area (Å²) in [5.74, 6) is -2.56. The fourth-order valence-electron chi connectivity index (χ4n) is 9.38. The van der Waals surface area contributed by atoms with Crippen molar-refractivity contribution in [2.75, 3.05) is 85.2 Å². The summed E-state index contributed by atoms with van der Waals surface area (Å²) < 4.78 is 38.7. The van der Waals surface area contributed by atoms with Crippen molar-refractivity contribution in [2.45, 2.75) is 102 Å². The minimum absolute atomic E-state index is 0.0358. The number of benzene rings is 9. The van der Waals surface area contributed by atoms with Gasteiger partial charge in [0.15, 0.2) is 28.7 Å². The molecule has 120 heavy (non-hydrogen) atoms. The monoisotopic (exact) mass is 1760 g/mol. The quantitative estimate of drug-likeness (QED) is 0.0280. The molecule has 0 spiro atoms. The van der Waals surface area contributed by atoms with Crippen molar-refractivity contribution in [3.05, 3.63) is 217 Å². The first kappa shape index (κ1) is 101.